The Hall–Kier alpha value is -13.7. The van der Waals surface area contributed by atoms with Crippen LogP contribution in [0.2, 0.25) is 0 Å². The first-order valence-electron chi connectivity index (χ1n) is 45.5. The number of methoxy groups -OCH3 is 5. The predicted molar refractivity (Wildman–Crippen MR) is 511 cm³/mol. The summed E-state index contributed by atoms with van der Waals surface area (Å²) in [5.41, 5.74) is 35.1. The Morgan fingerprint density at radius 1 is 0.492 bits per heavy atom. The van der Waals surface area contributed by atoms with Gasteiger partial charge in [-0.3, -0.25) is 43.5 Å². The quantitative estimate of drug-likeness (QED) is 0.0316. The van der Waals surface area contributed by atoms with Crippen molar-refractivity contribution in [3.8, 4) is 0 Å². The molecule has 26 heteroatoms. The Kier molecular flexibility index (Phi) is 24.9. The molecule has 3 aromatic rings. The van der Waals surface area contributed by atoms with Crippen LogP contribution in [0.15, 0.2) is 256 Å². The van der Waals surface area contributed by atoms with Crippen molar-refractivity contribution < 1.29 is 67.5 Å². The molecule has 2 saturated heterocycles. The van der Waals surface area contributed by atoms with Gasteiger partial charge in [0, 0.05) is 174 Å². The van der Waals surface area contributed by atoms with Gasteiger partial charge >= 0.3 is 29.8 Å². The molecule has 2 fully saturated rings. The van der Waals surface area contributed by atoms with Crippen molar-refractivity contribution >= 4 is 97.7 Å². The Morgan fingerprint density at radius 2 is 0.955 bits per heavy atom. The van der Waals surface area contributed by atoms with Crippen LogP contribution in [0.4, 0.5) is 0 Å². The van der Waals surface area contributed by atoms with Gasteiger partial charge in [-0.05, 0) is 211 Å². The van der Waals surface area contributed by atoms with E-state index in [1.807, 2.05) is 96.2 Å². The van der Waals surface area contributed by atoms with Crippen LogP contribution in [0.5, 0.6) is 0 Å². The zero-order chi connectivity index (χ0) is 94.7. The van der Waals surface area contributed by atoms with Crippen molar-refractivity contribution in [1.29, 1.82) is 0 Å². The third-order valence-electron chi connectivity index (χ3n) is 29.3. The molecule has 0 spiro atoms. The van der Waals surface area contributed by atoms with E-state index < -0.39 is 23.8 Å². The second-order valence-electron chi connectivity index (χ2n) is 36.1. The van der Waals surface area contributed by atoms with Crippen LogP contribution >= 0.6 is 0 Å². The number of aromatic nitrogens is 4. The summed E-state index contributed by atoms with van der Waals surface area (Å²) in [7, 11) is 6.74. The highest BCUT2D eigenvalue weighted by atomic mass is 16.5. The van der Waals surface area contributed by atoms with Gasteiger partial charge in [0.1, 0.15) is 23.4 Å². The van der Waals surface area contributed by atoms with E-state index >= 15 is 0 Å². The lowest BCUT2D eigenvalue weighted by Crippen LogP contribution is -2.25. The first-order chi connectivity index (χ1) is 63.1. The number of allylic oxidation sites excluding steroid dienone is 23. The van der Waals surface area contributed by atoms with E-state index in [-0.39, 0.29) is 95.4 Å². The summed E-state index contributed by atoms with van der Waals surface area (Å²) in [6, 6.07) is 5.92. The van der Waals surface area contributed by atoms with E-state index in [0.717, 1.165) is 194 Å². The number of Topliss-reactive ketones (excluding diaryl/α,β-unsaturated/α-hetero) is 2. The Morgan fingerprint density at radius 3 is 1.47 bits per heavy atom. The third kappa shape index (κ3) is 15.4. The van der Waals surface area contributed by atoms with Crippen LogP contribution in [0.3, 0.4) is 0 Å². The lowest BCUT2D eigenvalue weighted by molar-refractivity contribution is -0.144. The summed E-state index contributed by atoms with van der Waals surface area (Å²) in [5.74, 6) is -4.95. The third-order valence-corrected chi connectivity index (χ3v) is 29.3. The number of H-pyrrole nitrogens is 2. The average Bonchev–Trinajstić information content (AvgIpc) is 1.56. The number of aliphatic imine (C=N–C) groups is 6. The molecular formula is C106H114N12O14. The highest BCUT2D eigenvalue weighted by Crippen LogP contribution is 2.54. The van der Waals surface area contributed by atoms with E-state index in [4.69, 9.17) is 63.6 Å². The minimum absolute atomic E-state index is 0.0302. The summed E-state index contributed by atoms with van der Waals surface area (Å²) in [6.07, 6.45) is 20.9. The number of aliphatic hydroxyl groups excluding tert-OH is 2. The molecule has 0 aromatic carbocycles. The zero-order valence-electron chi connectivity index (χ0n) is 79.0. The number of carbonyl (C=O) groups is 7. The number of aliphatic hydroxyl groups is 2. The fourth-order valence-electron chi connectivity index (χ4n) is 21.6. The van der Waals surface area contributed by atoms with Crippen LogP contribution in [-0.4, -0.2) is 141 Å². The standard InChI is InChI=1S/C36H40N4O6.C36H38N4O5.C34H36N4O3/c1-9-20-15(2)22-14-27-29(19(6)41)17(4)24(38-27)12-23-16(3)21(10-11-28(42)45-7)33(39-23)31-32(36(44)46-8)35(43)30-18(5)25(40-34(30)31)13-26(20)37-22;1-9-20-16(3)23-13-25-18(5)22(11-12-29(41)44-7)33(39-25)31-32(36(43)45-8)35(42)30-19(6)26(40-34(30)31)15-28-21(10-2)17(4)24(38-28)14-27(20)37-23;1-8-20-16(3)24-13-26-18(5)22(10-11-31(40)41-7)33(37-26)23-12-30(39)32-19(6)27(38-34(23)32)15-29-21(9-2)17(4)25(36-29)14-28(20)35-24/h12-16,20-21,32,38,40H,9-11H2,1-8H3;9,13-15,18,22,32,39,42H,1,10-12H2,2-8H3;8,13-15,18,22,37,39H,1,9-12H2,2-7H3. The molecule has 0 saturated carbocycles. The van der Waals surface area contributed by atoms with Crippen LogP contribution < -0.4 is 10.6 Å². The van der Waals surface area contributed by atoms with Crippen molar-refractivity contribution in [2.24, 2.45) is 59.5 Å². The lowest BCUT2D eigenvalue weighted by atomic mass is 9.84. The molecule has 24 bridgehead atoms. The minimum atomic E-state index is -1.19. The predicted octanol–water partition coefficient (Wildman–Crippen LogP) is 19.7. The van der Waals surface area contributed by atoms with Gasteiger partial charge < -0.3 is 54.5 Å². The van der Waals surface area contributed by atoms with E-state index in [0.29, 0.717) is 99.5 Å². The number of aryl methyl sites for hydroxylation is 2. The van der Waals surface area contributed by atoms with Crippen LogP contribution in [0, 0.1) is 43.4 Å². The van der Waals surface area contributed by atoms with Gasteiger partial charge in [-0.1, -0.05) is 73.8 Å². The number of nitrogens with zero attached hydrogens (tertiary/aromatic N) is 8. The molecule has 3 aromatic heterocycles. The lowest BCUT2D eigenvalue weighted by Gasteiger charge is -2.20. The molecule has 0 radical (unpaired) electrons. The van der Waals surface area contributed by atoms with Crippen molar-refractivity contribution in [2.45, 2.75) is 205 Å². The van der Waals surface area contributed by atoms with Gasteiger partial charge in [0.2, 0.25) is 0 Å². The van der Waals surface area contributed by atoms with Crippen LogP contribution in [0.25, 0.3) is 22.1 Å². The van der Waals surface area contributed by atoms with Gasteiger partial charge in [0.15, 0.2) is 11.6 Å². The largest absolute Gasteiger partial charge is 0.511 e. The van der Waals surface area contributed by atoms with Gasteiger partial charge in [-0.25, -0.2) is 30.0 Å². The molecule has 682 valence electrons. The number of hydrogen-bond donors (Lipinski definition) is 6. The number of esters is 5. The smallest absolute Gasteiger partial charge is 0.321 e. The van der Waals surface area contributed by atoms with Gasteiger partial charge in [0.05, 0.1) is 121 Å². The number of hydrogen-bond acceptors (Lipinski definition) is 24. The van der Waals surface area contributed by atoms with Crippen molar-refractivity contribution in [3.63, 3.8) is 0 Å². The Labute approximate surface area is 768 Å². The van der Waals surface area contributed by atoms with E-state index in [1.54, 1.807) is 6.92 Å². The summed E-state index contributed by atoms with van der Waals surface area (Å²) in [6.45, 7) is 40.5. The average molecular weight is 1780 g/mol. The topological polar surface area (TPSA) is 362 Å². The molecule has 132 heavy (non-hydrogen) atoms. The van der Waals surface area contributed by atoms with Crippen molar-refractivity contribution in [3.05, 3.63) is 277 Å². The van der Waals surface area contributed by atoms with Gasteiger partial charge in [0.25, 0.3) is 0 Å². The zero-order valence-corrected chi connectivity index (χ0v) is 79.0. The molecule has 26 nitrogen and oxygen atoms in total. The number of fused-ring (bicyclic) bond motifs is 18. The Balaban J connectivity index is 0.000000145. The molecule has 12 aliphatic heterocycles. The van der Waals surface area contributed by atoms with Gasteiger partial charge in [-0.15, -0.1) is 0 Å². The number of carbonyl (C=O) groups excluding carboxylic acids is 7. The van der Waals surface area contributed by atoms with Gasteiger partial charge in [-0.2, -0.15) is 0 Å². The number of rotatable bonds is 17. The monoisotopic (exact) mass is 1780 g/mol. The molecule has 15 heterocycles. The maximum absolute atomic E-state index is 14.1. The molecular weight excluding hydrogens is 1670 g/mol. The first kappa shape index (κ1) is 91.7. The van der Waals surface area contributed by atoms with Crippen molar-refractivity contribution in [2.75, 3.05) is 35.5 Å². The number of ketones is 2. The first-order valence-corrected chi connectivity index (χ1v) is 45.5. The van der Waals surface area contributed by atoms with E-state index in [9.17, 15) is 43.8 Å². The maximum atomic E-state index is 14.1. The summed E-state index contributed by atoms with van der Waals surface area (Å²) < 4.78 is 25.3. The molecule has 10 atom stereocenters. The fraction of sp³-hybridized carbons (Fsp3) is 0.387. The molecule has 10 unspecified atom stereocenters. The summed E-state index contributed by atoms with van der Waals surface area (Å²) in [4.78, 5) is 138. The molecule has 15 aliphatic rings. The van der Waals surface area contributed by atoms with Crippen molar-refractivity contribution in [1.82, 2.24) is 30.6 Å². The SMILES string of the molecule is C=CC1=C(C)C2=NC1=CC1=NC(=CC3=C(C)C4=C(O)C(C(=O)OC)C(=C5NC(=C2)C(C)C5CCC(=O)OC)C4=N3)C(CC)=C1C.C=CC1=C(C)C2=NC1=CC1=NC(=CC3=C(C)C4=C(O)CC(=C5NC(=C2)C(C)C5CCC(=O)OC)C4=N3)C(CC)=C1C.CCC1c2cc3[nH]c4c(c3C)C(=O)C(C(=O)OC)c4c3nc(cc4[nH]c(cc(n2)C1C)c(C(C)=O)c4C)C(C)C3CCC(=O)OC. The Bertz CT molecular complexity index is 6760. The van der Waals surface area contributed by atoms with E-state index in [2.05, 4.69) is 108 Å². The molecule has 18 rings (SSSR count). The number of aromatic amines is 2. The second kappa shape index (κ2) is 35.9. The summed E-state index contributed by atoms with van der Waals surface area (Å²) in [5, 5.41) is 30.1. The number of nitrogens with one attached hydrogen (secondary N) is 4. The minimum Gasteiger partial charge on any atom is -0.511 e. The molecule has 3 aliphatic carbocycles. The maximum Gasteiger partial charge on any atom is 0.321 e. The highest BCUT2D eigenvalue weighted by molar-refractivity contribution is 6.26. The van der Waals surface area contributed by atoms with Crippen LogP contribution in [-0.2, 0) is 47.7 Å². The number of ether oxygens (including phenoxy) is 5. The normalized spacial score (nSPS) is 24.0. The fourth-order valence-corrected chi connectivity index (χ4v) is 21.6. The second-order valence-corrected chi connectivity index (χ2v) is 36.1. The van der Waals surface area contributed by atoms with Crippen LogP contribution in [0.1, 0.15) is 251 Å². The highest BCUT2D eigenvalue weighted by Gasteiger charge is 2.51. The summed E-state index contributed by atoms with van der Waals surface area (Å²) >= 11 is 0. The van der Waals surface area contributed by atoms with E-state index in [1.165, 1.54) is 41.1 Å². The molecule has 6 N–H and O–H groups in total. The molecule has 0 amide bonds.